The van der Waals surface area contributed by atoms with Crippen molar-refractivity contribution in [3.63, 3.8) is 0 Å². The van der Waals surface area contributed by atoms with Crippen LogP contribution < -0.4 is 10.6 Å². The zero-order valence-corrected chi connectivity index (χ0v) is 17.9. The van der Waals surface area contributed by atoms with Crippen LogP contribution in [0.2, 0.25) is 0 Å². The monoisotopic (exact) mass is 430 g/mol. The lowest BCUT2D eigenvalue weighted by Gasteiger charge is -2.28. The van der Waals surface area contributed by atoms with E-state index in [1.165, 1.54) is 19.2 Å². The zero-order valence-electron chi connectivity index (χ0n) is 17.1. The molecule has 1 aromatic carbocycles. The second-order valence-electron chi connectivity index (χ2n) is 7.57. The second-order valence-corrected chi connectivity index (χ2v) is 8.69. The van der Waals surface area contributed by atoms with E-state index in [-0.39, 0.29) is 5.41 Å². The van der Waals surface area contributed by atoms with Crippen LogP contribution in [0.1, 0.15) is 58.8 Å². The van der Waals surface area contributed by atoms with Crippen molar-refractivity contribution in [3.05, 3.63) is 51.7 Å². The summed E-state index contributed by atoms with van der Waals surface area (Å²) in [5, 5.41) is 15.1. The maximum Gasteiger partial charge on any atom is 0.337 e. The SMILES string of the molecule is COC(=O)c1ccc(NC(=O)C(=O)NCC2(c3ccc(C(C)O)s3)CCCC2)cc1. The molecule has 0 aliphatic heterocycles. The number of carbonyl (C=O) groups is 3. The van der Waals surface area contributed by atoms with Crippen LogP contribution in [0.15, 0.2) is 36.4 Å². The average Bonchev–Trinajstić information content (AvgIpc) is 3.42. The molecule has 1 fully saturated rings. The second kappa shape index (κ2) is 9.40. The minimum Gasteiger partial charge on any atom is -0.465 e. The summed E-state index contributed by atoms with van der Waals surface area (Å²) in [5.74, 6) is -1.93. The smallest absolute Gasteiger partial charge is 0.337 e. The predicted molar refractivity (Wildman–Crippen MR) is 115 cm³/mol. The van der Waals surface area contributed by atoms with Gasteiger partial charge in [-0.05, 0) is 56.2 Å². The molecule has 160 valence electrons. The Balaban J connectivity index is 1.61. The van der Waals surface area contributed by atoms with Gasteiger partial charge in [-0.3, -0.25) is 9.59 Å². The molecule has 2 amide bonds. The summed E-state index contributed by atoms with van der Waals surface area (Å²) in [5.41, 5.74) is 0.574. The van der Waals surface area contributed by atoms with Gasteiger partial charge in [0, 0.05) is 27.4 Å². The van der Waals surface area contributed by atoms with Crippen LogP contribution >= 0.6 is 11.3 Å². The molecule has 1 heterocycles. The number of methoxy groups -OCH3 is 1. The standard InChI is InChI=1S/C22H26N2O5S/c1-14(25)17-9-10-18(30-17)22(11-3-4-12-22)13-23-19(26)20(27)24-16-7-5-15(6-8-16)21(28)29-2/h5-10,14,25H,3-4,11-13H2,1-2H3,(H,23,26)(H,24,27). The first-order valence-electron chi connectivity index (χ1n) is 9.90. The van der Waals surface area contributed by atoms with Crippen molar-refractivity contribution in [2.75, 3.05) is 19.0 Å². The quantitative estimate of drug-likeness (QED) is 0.482. The van der Waals surface area contributed by atoms with Crippen LogP contribution in [0.25, 0.3) is 0 Å². The average molecular weight is 431 g/mol. The van der Waals surface area contributed by atoms with Gasteiger partial charge in [0.15, 0.2) is 0 Å². The number of thiophene rings is 1. The first-order chi connectivity index (χ1) is 14.3. The van der Waals surface area contributed by atoms with Gasteiger partial charge in [-0.2, -0.15) is 0 Å². The Morgan fingerprint density at radius 3 is 2.33 bits per heavy atom. The fourth-order valence-electron chi connectivity index (χ4n) is 3.75. The molecule has 8 heteroatoms. The Morgan fingerprint density at radius 2 is 1.77 bits per heavy atom. The number of hydrogen-bond acceptors (Lipinski definition) is 6. The summed E-state index contributed by atoms with van der Waals surface area (Å²) in [7, 11) is 1.29. The summed E-state index contributed by atoms with van der Waals surface area (Å²) in [6.07, 6.45) is 3.48. The minimum atomic E-state index is -0.759. The van der Waals surface area contributed by atoms with Crippen molar-refractivity contribution in [1.29, 1.82) is 0 Å². The van der Waals surface area contributed by atoms with E-state index in [0.717, 1.165) is 35.4 Å². The lowest BCUT2D eigenvalue weighted by atomic mass is 9.84. The van der Waals surface area contributed by atoms with Crippen molar-refractivity contribution < 1.29 is 24.2 Å². The van der Waals surface area contributed by atoms with Crippen molar-refractivity contribution in [2.24, 2.45) is 0 Å². The first-order valence-corrected chi connectivity index (χ1v) is 10.7. The van der Waals surface area contributed by atoms with E-state index in [9.17, 15) is 19.5 Å². The van der Waals surface area contributed by atoms with Crippen LogP contribution in [0.4, 0.5) is 5.69 Å². The molecule has 0 saturated heterocycles. The van der Waals surface area contributed by atoms with Crippen LogP contribution in [0.5, 0.6) is 0 Å². The first kappa shape index (κ1) is 22.0. The summed E-state index contributed by atoms with van der Waals surface area (Å²) in [6, 6.07) is 10.1. The van der Waals surface area contributed by atoms with Gasteiger partial charge in [-0.15, -0.1) is 11.3 Å². The highest BCUT2D eigenvalue weighted by Gasteiger charge is 2.37. The van der Waals surface area contributed by atoms with E-state index in [1.807, 2.05) is 12.1 Å². The van der Waals surface area contributed by atoms with E-state index < -0.39 is 23.9 Å². The Hall–Kier alpha value is -2.71. The highest BCUT2D eigenvalue weighted by Crippen LogP contribution is 2.44. The number of hydrogen-bond donors (Lipinski definition) is 3. The van der Waals surface area contributed by atoms with Crippen molar-refractivity contribution in [3.8, 4) is 0 Å². The molecule has 3 rings (SSSR count). The fourth-order valence-corrected chi connectivity index (χ4v) is 4.94. The van der Waals surface area contributed by atoms with Gasteiger partial charge < -0.3 is 20.5 Å². The third-order valence-electron chi connectivity index (χ3n) is 5.48. The number of esters is 1. The molecular weight excluding hydrogens is 404 g/mol. The Kier molecular flexibility index (Phi) is 6.89. The highest BCUT2D eigenvalue weighted by molar-refractivity contribution is 7.12. The number of ether oxygens (including phenoxy) is 1. The lowest BCUT2D eigenvalue weighted by molar-refractivity contribution is -0.136. The number of aliphatic hydroxyl groups is 1. The zero-order chi connectivity index (χ0) is 21.7. The van der Waals surface area contributed by atoms with Crippen LogP contribution in [-0.2, 0) is 19.7 Å². The van der Waals surface area contributed by atoms with E-state index in [2.05, 4.69) is 15.4 Å². The molecule has 3 N–H and O–H groups in total. The van der Waals surface area contributed by atoms with Gasteiger partial charge in [0.25, 0.3) is 0 Å². The van der Waals surface area contributed by atoms with Crippen LogP contribution in [0.3, 0.4) is 0 Å². The lowest BCUT2D eigenvalue weighted by Crippen LogP contribution is -2.43. The predicted octanol–water partition coefficient (Wildman–Crippen LogP) is 3.15. The largest absolute Gasteiger partial charge is 0.465 e. The summed E-state index contributed by atoms with van der Waals surface area (Å²) in [4.78, 5) is 38.2. The summed E-state index contributed by atoms with van der Waals surface area (Å²) >= 11 is 1.57. The molecule has 0 bridgehead atoms. The summed E-state index contributed by atoms with van der Waals surface area (Å²) < 4.78 is 4.63. The number of nitrogens with one attached hydrogen (secondary N) is 2. The van der Waals surface area contributed by atoms with Crippen molar-refractivity contribution >= 4 is 34.8 Å². The maximum atomic E-state index is 12.4. The molecule has 0 radical (unpaired) electrons. The molecule has 30 heavy (non-hydrogen) atoms. The van der Waals surface area contributed by atoms with Gasteiger partial charge in [-0.1, -0.05) is 12.8 Å². The van der Waals surface area contributed by atoms with Gasteiger partial charge in [0.05, 0.1) is 18.8 Å². The molecular formula is C22H26N2O5S. The molecule has 1 aliphatic rings. The molecule has 7 nitrogen and oxygen atoms in total. The molecule has 1 aliphatic carbocycles. The third kappa shape index (κ3) is 4.88. The number of benzene rings is 1. The number of carbonyl (C=O) groups excluding carboxylic acids is 3. The maximum absolute atomic E-state index is 12.4. The minimum absolute atomic E-state index is 0.199. The van der Waals surface area contributed by atoms with Gasteiger partial charge in [0.2, 0.25) is 0 Å². The normalized spacial score (nSPS) is 16.0. The van der Waals surface area contributed by atoms with E-state index in [0.29, 0.717) is 17.8 Å². The third-order valence-corrected chi connectivity index (χ3v) is 6.98. The molecule has 2 aromatic rings. The number of aliphatic hydroxyl groups excluding tert-OH is 1. The van der Waals surface area contributed by atoms with E-state index in [4.69, 9.17) is 0 Å². The topological polar surface area (TPSA) is 105 Å². The molecule has 1 aromatic heterocycles. The van der Waals surface area contributed by atoms with E-state index >= 15 is 0 Å². The Labute approximate surface area is 179 Å². The number of amides is 2. The molecule has 1 unspecified atom stereocenters. The number of rotatable bonds is 6. The highest BCUT2D eigenvalue weighted by atomic mass is 32.1. The van der Waals surface area contributed by atoms with Crippen molar-refractivity contribution in [2.45, 2.75) is 44.1 Å². The van der Waals surface area contributed by atoms with E-state index in [1.54, 1.807) is 30.4 Å². The van der Waals surface area contributed by atoms with Gasteiger partial charge in [-0.25, -0.2) is 4.79 Å². The Morgan fingerprint density at radius 1 is 1.10 bits per heavy atom. The summed E-state index contributed by atoms with van der Waals surface area (Å²) in [6.45, 7) is 2.11. The van der Waals surface area contributed by atoms with Crippen LogP contribution in [0, 0.1) is 0 Å². The van der Waals surface area contributed by atoms with Crippen LogP contribution in [-0.4, -0.2) is 36.5 Å². The fraction of sp³-hybridized carbons (Fsp3) is 0.409. The molecule has 1 saturated carbocycles. The molecule has 0 spiro atoms. The van der Waals surface area contributed by atoms with Crippen molar-refractivity contribution in [1.82, 2.24) is 5.32 Å². The Bertz CT molecular complexity index is 914. The van der Waals surface area contributed by atoms with Gasteiger partial charge >= 0.3 is 17.8 Å². The van der Waals surface area contributed by atoms with Gasteiger partial charge in [0.1, 0.15) is 0 Å². The number of anilines is 1. The molecule has 1 atom stereocenters.